The number of fused-ring (bicyclic) bond motifs is 1. The van der Waals surface area contributed by atoms with Crippen molar-refractivity contribution < 1.29 is 28.5 Å². The van der Waals surface area contributed by atoms with E-state index in [0.29, 0.717) is 23.6 Å². The molecule has 2 N–H and O–H groups in total. The molecule has 0 aliphatic rings. The molecular weight excluding hydrogens is 460 g/mol. The smallest absolute Gasteiger partial charge is 0.306 e. The number of esters is 1. The number of aromatic amines is 1. The van der Waals surface area contributed by atoms with Gasteiger partial charge in [-0.15, -0.1) is 0 Å². The molecule has 0 atom stereocenters. The van der Waals surface area contributed by atoms with Crippen LogP contribution in [0.3, 0.4) is 0 Å². The number of H-pyrrole nitrogens is 1. The van der Waals surface area contributed by atoms with Gasteiger partial charge in [0, 0.05) is 29.1 Å². The number of rotatable bonds is 10. The third kappa shape index (κ3) is 5.60. The van der Waals surface area contributed by atoms with Crippen molar-refractivity contribution in [1.29, 1.82) is 0 Å². The fourth-order valence-corrected chi connectivity index (χ4v) is 4.00. The number of nitrogens with one attached hydrogen (secondary N) is 2. The Morgan fingerprint density at radius 1 is 0.861 bits per heavy atom. The van der Waals surface area contributed by atoms with Gasteiger partial charge in [-0.3, -0.25) is 9.59 Å². The molecule has 4 rings (SSSR count). The Kier molecular flexibility index (Phi) is 7.75. The first-order chi connectivity index (χ1) is 17.5. The van der Waals surface area contributed by atoms with Gasteiger partial charge >= 0.3 is 5.97 Å². The number of anilines is 1. The Labute approximate surface area is 209 Å². The van der Waals surface area contributed by atoms with E-state index in [4.69, 9.17) is 18.9 Å². The van der Waals surface area contributed by atoms with Crippen molar-refractivity contribution in [2.24, 2.45) is 0 Å². The van der Waals surface area contributed by atoms with Gasteiger partial charge in [-0.25, -0.2) is 0 Å². The third-order valence-corrected chi connectivity index (χ3v) is 5.82. The van der Waals surface area contributed by atoms with Crippen LogP contribution >= 0.6 is 0 Å². The molecule has 36 heavy (non-hydrogen) atoms. The Morgan fingerprint density at radius 2 is 1.58 bits per heavy atom. The van der Waals surface area contributed by atoms with Crippen LogP contribution in [-0.4, -0.2) is 44.8 Å². The van der Waals surface area contributed by atoms with Gasteiger partial charge in [-0.05, 0) is 60.0 Å². The molecule has 0 saturated carbocycles. The van der Waals surface area contributed by atoms with Crippen LogP contribution in [0.4, 0.5) is 5.69 Å². The van der Waals surface area contributed by atoms with Crippen molar-refractivity contribution in [3.8, 4) is 28.5 Å². The van der Waals surface area contributed by atoms with Gasteiger partial charge in [0.25, 0.3) is 5.91 Å². The van der Waals surface area contributed by atoms with Gasteiger partial charge in [-0.2, -0.15) is 0 Å². The molecule has 1 aromatic heterocycles. The molecule has 0 radical (unpaired) electrons. The maximum Gasteiger partial charge on any atom is 0.306 e. The highest BCUT2D eigenvalue weighted by molar-refractivity contribution is 5.94. The number of hydrogen-bond donors (Lipinski definition) is 2. The van der Waals surface area contributed by atoms with Crippen LogP contribution in [0.25, 0.3) is 22.2 Å². The predicted molar refractivity (Wildman–Crippen MR) is 138 cm³/mol. The van der Waals surface area contributed by atoms with Gasteiger partial charge in [0.2, 0.25) is 0 Å². The molecular formula is C28H28N2O6. The average molecular weight is 489 g/mol. The lowest BCUT2D eigenvalue weighted by molar-refractivity contribution is -0.147. The van der Waals surface area contributed by atoms with E-state index < -0.39 is 18.5 Å². The Balaban J connectivity index is 1.40. The number of benzene rings is 3. The molecule has 0 saturated heterocycles. The number of amides is 1. The van der Waals surface area contributed by atoms with Crippen molar-refractivity contribution in [2.45, 2.75) is 12.8 Å². The largest absolute Gasteiger partial charge is 0.497 e. The van der Waals surface area contributed by atoms with Crippen LogP contribution in [-0.2, 0) is 20.7 Å². The standard InChI is InChI=1S/C28H28N2O6/c1-33-19-10-8-18(9-11-19)28-22(21-6-4-5-7-23(21)30-28)13-15-27(32)36-17-26(31)29-24-14-12-20(34-2)16-25(24)35-3/h4-12,14,16,30H,13,15,17H2,1-3H3,(H,29,31). The van der Waals surface area contributed by atoms with E-state index in [-0.39, 0.29) is 6.42 Å². The number of aromatic nitrogens is 1. The molecule has 0 bridgehead atoms. The third-order valence-electron chi connectivity index (χ3n) is 5.82. The number of aryl methyl sites for hydroxylation is 1. The second-order valence-electron chi connectivity index (χ2n) is 8.03. The number of ether oxygens (including phenoxy) is 4. The van der Waals surface area contributed by atoms with E-state index >= 15 is 0 Å². The lowest BCUT2D eigenvalue weighted by Crippen LogP contribution is -2.21. The van der Waals surface area contributed by atoms with Gasteiger partial charge in [-0.1, -0.05) is 18.2 Å². The molecule has 0 unspecified atom stereocenters. The van der Waals surface area contributed by atoms with Crippen LogP contribution in [0.5, 0.6) is 17.2 Å². The van der Waals surface area contributed by atoms with Crippen LogP contribution in [0, 0.1) is 0 Å². The normalized spacial score (nSPS) is 10.6. The lowest BCUT2D eigenvalue weighted by Gasteiger charge is -2.12. The highest BCUT2D eigenvalue weighted by Gasteiger charge is 2.16. The second-order valence-corrected chi connectivity index (χ2v) is 8.03. The molecule has 0 fully saturated rings. The second kappa shape index (κ2) is 11.3. The average Bonchev–Trinajstić information content (AvgIpc) is 3.29. The highest BCUT2D eigenvalue weighted by atomic mass is 16.5. The SMILES string of the molecule is COc1ccc(-c2[nH]c3ccccc3c2CCC(=O)OCC(=O)Nc2ccc(OC)cc2OC)cc1. The summed E-state index contributed by atoms with van der Waals surface area (Å²) in [5.41, 5.74) is 4.39. The quantitative estimate of drug-likeness (QED) is 0.306. The Bertz CT molecular complexity index is 1360. The molecule has 4 aromatic rings. The van der Waals surface area contributed by atoms with Crippen molar-refractivity contribution in [3.63, 3.8) is 0 Å². The van der Waals surface area contributed by atoms with E-state index in [1.807, 2.05) is 48.5 Å². The van der Waals surface area contributed by atoms with Gasteiger partial charge in [0.1, 0.15) is 17.2 Å². The number of carbonyl (C=O) groups is 2. The zero-order valence-corrected chi connectivity index (χ0v) is 20.4. The summed E-state index contributed by atoms with van der Waals surface area (Å²) >= 11 is 0. The fraction of sp³-hybridized carbons (Fsp3) is 0.214. The minimum atomic E-state index is -0.460. The number of para-hydroxylation sites is 1. The summed E-state index contributed by atoms with van der Waals surface area (Å²) in [6.45, 7) is -0.396. The highest BCUT2D eigenvalue weighted by Crippen LogP contribution is 2.32. The molecule has 1 heterocycles. The first-order valence-electron chi connectivity index (χ1n) is 11.4. The summed E-state index contributed by atoms with van der Waals surface area (Å²) in [6, 6.07) is 20.7. The maximum absolute atomic E-state index is 12.5. The summed E-state index contributed by atoms with van der Waals surface area (Å²) in [6.07, 6.45) is 0.586. The molecule has 8 heteroatoms. The van der Waals surface area contributed by atoms with E-state index in [0.717, 1.165) is 33.5 Å². The number of methoxy groups -OCH3 is 3. The Hall–Kier alpha value is -4.46. The summed E-state index contributed by atoms with van der Waals surface area (Å²) < 4.78 is 20.9. The predicted octanol–water partition coefficient (Wildman–Crippen LogP) is 4.98. The van der Waals surface area contributed by atoms with Crippen molar-refractivity contribution >= 4 is 28.5 Å². The Morgan fingerprint density at radius 3 is 2.31 bits per heavy atom. The first-order valence-corrected chi connectivity index (χ1v) is 11.4. The summed E-state index contributed by atoms with van der Waals surface area (Å²) in [5, 5.41) is 3.73. The summed E-state index contributed by atoms with van der Waals surface area (Å²) in [7, 11) is 4.67. The van der Waals surface area contributed by atoms with E-state index in [9.17, 15) is 9.59 Å². The molecule has 1 amide bonds. The molecule has 8 nitrogen and oxygen atoms in total. The number of hydrogen-bond acceptors (Lipinski definition) is 6. The summed E-state index contributed by atoms with van der Waals surface area (Å²) in [4.78, 5) is 28.3. The molecule has 0 aliphatic heterocycles. The minimum absolute atomic E-state index is 0.129. The number of carbonyl (C=O) groups excluding carboxylic acids is 2. The maximum atomic E-state index is 12.5. The lowest BCUT2D eigenvalue weighted by atomic mass is 10.0. The van der Waals surface area contributed by atoms with E-state index in [1.54, 1.807) is 32.4 Å². The minimum Gasteiger partial charge on any atom is -0.497 e. The van der Waals surface area contributed by atoms with Crippen LogP contribution in [0.15, 0.2) is 66.7 Å². The molecule has 3 aromatic carbocycles. The van der Waals surface area contributed by atoms with Crippen molar-refractivity contribution in [2.75, 3.05) is 33.3 Å². The van der Waals surface area contributed by atoms with Gasteiger partial charge in [0.05, 0.1) is 27.0 Å². The van der Waals surface area contributed by atoms with E-state index in [1.165, 1.54) is 7.11 Å². The summed E-state index contributed by atoms with van der Waals surface area (Å²) in [5.74, 6) is 0.892. The zero-order valence-electron chi connectivity index (χ0n) is 20.4. The van der Waals surface area contributed by atoms with Gasteiger partial charge < -0.3 is 29.2 Å². The van der Waals surface area contributed by atoms with Crippen LogP contribution < -0.4 is 19.5 Å². The van der Waals surface area contributed by atoms with Crippen LogP contribution in [0.1, 0.15) is 12.0 Å². The fourth-order valence-electron chi connectivity index (χ4n) is 4.00. The monoisotopic (exact) mass is 488 g/mol. The molecule has 0 spiro atoms. The van der Waals surface area contributed by atoms with Crippen molar-refractivity contribution in [3.05, 3.63) is 72.3 Å². The van der Waals surface area contributed by atoms with E-state index in [2.05, 4.69) is 10.3 Å². The zero-order chi connectivity index (χ0) is 25.5. The topological polar surface area (TPSA) is 98.9 Å². The molecule has 0 aliphatic carbocycles. The van der Waals surface area contributed by atoms with Crippen molar-refractivity contribution in [1.82, 2.24) is 4.98 Å². The van der Waals surface area contributed by atoms with Gasteiger partial charge in [0.15, 0.2) is 6.61 Å². The van der Waals surface area contributed by atoms with Crippen LogP contribution in [0.2, 0.25) is 0 Å². The first kappa shape index (κ1) is 24.7. The molecule has 186 valence electrons.